The summed E-state index contributed by atoms with van der Waals surface area (Å²) in [5, 5.41) is 0. The normalized spacial score (nSPS) is 13.4. The number of amides is 1. The lowest BCUT2D eigenvalue weighted by molar-refractivity contribution is 0.1000. The Balaban J connectivity index is 3.13. The molecule has 0 bridgehead atoms. The molecule has 1 unspecified atom stereocenters. The molecule has 1 amide bonds. The summed E-state index contributed by atoms with van der Waals surface area (Å²) in [7, 11) is -3.72. The summed E-state index contributed by atoms with van der Waals surface area (Å²) < 4.78 is 27.2. The van der Waals surface area contributed by atoms with Crippen molar-refractivity contribution in [2.24, 2.45) is 11.7 Å². The SMILES string of the molecule is CCC(NS(=O)(=O)c1ccc(C(N)=O)cc1N)C(C)C. The quantitative estimate of drug-likeness (QED) is 0.682. The molecule has 0 saturated carbocycles. The second-order valence-electron chi connectivity index (χ2n) is 5.00. The van der Waals surface area contributed by atoms with E-state index in [1.54, 1.807) is 0 Å². The van der Waals surface area contributed by atoms with Gasteiger partial charge in [-0.1, -0.05) is 20.8 Å². The molecule has 0 aliphatic heterocycles. The van der Waals surface area contributed by atoms with Gasteiger partial charge in [0.1, 0.15) is 4.90 Å². The molecule has 5 N–H and O–H groups in total. The number of anilines is 1. The Hall–Kier alpha value is -1.60. The van der Waals surface area contributed by atoms with E-state index >= 15 is 0 Å². The Morgan fingerprint density at radius 1 is 1.35 bits per heavy atom. The minimum atomic E-state index is -3.72. The first-order valence-corrected chi connectivity index (χ1v) is 7.89. The van der Waals surface area contributed by atoms with Crippen molar-refractivity contribution >= 4 is 21.6 Å². The Kier molecular flexibility index (Phi) is 5.13. The Morgan fingerprint density at radius 3 is 2.35 bits per heavy atom. The number of hydrogen-bond donors (Lipinski definition) is 3. The zero-order valence-electron chi connectivity index (χ0n) is 11.9. The highest BCUT2D eigenvalue weighted by Gasteiger charge is 2.23. The minimum Gasteiger partial charge on any atom is -0.398 e. The molecule has 0 heterocycles. The van der Waals surface area contributed by atoms with Gasteiger partial charge in [0, 0.05) is 11.6 Å². The van der Waals surface area contributed by atoms with Crippen LogP contribution in [0.3, 0.4) is 0 Å². The fourth-order valence-electron chi connectivity index (χ4n) is 1.90. The van der Waals surface area contributed by atoms with Gasteiger partial charge < -0.3 is 11.5 Å². The second kappa shape index (κ2) is 6.23. The molecular formula is C13H21N3O3S. The Bertz CT molecular complexity index is 597. The third-order valence-corrected chi connectivity index (χ3v) is 4.70. The second-order valence-corrected chi connectivity index (χ2v) is 6.68. The molecule has 0 saturated heterocycles. The van der Waals surface area contributed by atoms with E-state index in [0.717, 1.165) is 0 Å². The van der Waals surface area contributed by atoms with Crippen LogP contribution < -0.4 is 16.2 Å². The van der Waals surface area contributed by atoms with Crippen LogP contribution in [0.5, 0.6) is 0 Å². The van der Waals surface area contributed by atoms with Crippen LogP contribution in [0.2, 0.25) is 0 Å². The van der Waals surface area contributed by atoms with Gasteiger partial charge in [0.05, 0.1) is 5.69 Å². The van der Waals surface area contributed by atoms with Crippen LogP contribution in [0.25, 0.3) is 0 Å². The topological polar surface area (TPSA) is 115 Å². The van der Waals surface area contributed by atoms with Crippen LogP contribution in [0.4, 0.5) is 5.69 Å². The van der Waals surface area contributed by atoms with E-state index < -0.39 is 15.9 Å². The maximum Gasteiger partial charge on any atom is 0.248 e. The number of rotatable bonds is 6. The molecule has 0 radical (unpaired) electrons. The van der Waals surface area contributed by atoms with Gasteiger partial charge in [0.2, 0.25) is 15.9 Å². The van der Waals surface area contributed by atoms with E-state index in [-0.39, 0.29) is 28.1 Å². The summed E-state index contributed by atoms with van der Waals surface area (Å²) in [6.07, 6.45) is 0.677. The van der Waals surface area contributed by atoms with Crippen molar-refractivity contribution in [1.29, 1.82) is 0 Å². The molecule has 1 atom stereocenters. The first kappa shape index (κ1) is 16.5. The fourth-order valence-corrected chi connectivity index (χ4v) is 3.48. The molecule has 20 heavy (non-hydrogen) atoms. The van der Waals surface area contributed by atoms with Gasteiger partial charge in [-0.15, -0.1) is 0 Å². The van der Waals surface area contributed by atoms with Crippen LogP contribution in [-0.2, 0) is 10.0 Å². The molecule has 7 heteroatoms. The van der Waals surface area contributed by atoms with Crippen molar-refractivity contribution in [1.82, 2.24) is 4.72 Å². The third-order valence-electron chi connectivity index (χ3n) is 3.13. The van der Waals surface area contributed by atoms with Crippen LogP contribution in [0, 0.1) is 5.92 Å². The van der Waals surface area contributed by atoms with E-state index in [4.69, 9.17) is 11.5 Å². The van der Waals surface area contributed by atoms with Gasteiger partial charge >= 0.3 is 0 Å². The maximum absolute atomic E-state index is 12.3. The largest absolute Gasteiger partial charge is 0.398 e. The highest BCUT2D eigenvalue weighted by atomic mass is 32.2. The fraction of sp³-hybridized carbons (Fsp3) is 0.462. The van der Waals surface area contributed by atoms with Gasteiger partial charge in [0.25, 0.3) is 0 Å². The third kappa shape index (κ3) is 3.71. The zero-order valence-corrected chi connectivity index (χ0v) is 12.7. The summed E-state index contributed by atoms with van der Waals surface area (Å²) in [5.74, 6) is -0.483. The molecule has 1 aromatic rings. The summed E-state index contributed by atoms with van der Waals surface area (Å²) in [4.78, 5) is 11.0. The van der Waals surface area contributed by atoms with Crippen molar-refractivity contribution in [2.45, 2.75) is 38.1 Å². The van der Waals surface area contributed by atoms with Crippen molar-refractivity contribution in [2.75, 3.05) is 5.73 Å². The summed E-state index contributed by atoms with van der Waals surface area (Å²) in [5.41, 5.74) is 11.0. The van der Waals surface area contributed by atoms with Crippen molar-refractivity contribution < 1.29 is 13.2 Å². The lowest BCUT2D eigenvalue weighted by Gasteiger charge is -2.21. The number of primary amides is 1. The lowest BCUT2D eigenvalue weighted by atomic mass is 10.0. The Labute approximate surface area is 119 Å². The highest BCUT2D eigenvalue weighted by Crippen LogP contribution is 2.21. The van der Waals surface area contributed by atoms with Crippen molar-refractivity contribution in [3.05, 3.63) is 23.8 Å². The van der Waals surface area contributed by atoms with Crippen LogP contribution >= 0.6 is 0 Å². The molecule has 6 nitrogen and oxygen atoms in total. The van der Waals surface area contributed by atoms with E-state index in [2.05, 4.69) is 4.72 Å². The molecule has 0 fully saturated rings. The molecule has 0 aliphatic rings. The molecule has 1 rings (SSSR count). The van der Waals surface area contributed by atoms with Gasteiger partial charge in [-0.25, -0.2) is 13.1 Å². The van der Waals surface area contributed by atoms with E-state index in [0.29, 0.717) is 6.42 Å². The number of nitrogen functional groups attached to an aromatic ring is 1. The van der Waals surface area contributed by atoms with E-state index in [1.807, 2.05) is 20.8 Å². The van der Waals surface area contributed by atoms with E-state index in [1.165, 1.54) is 18.2 Å². The van der Waals surface area contributed by atoms with Crippen molar-refractivity contribution in [3.63, 3.8) is 0 Å². The van der Waals surface area contributed by atoms with E-state index in [9.17, 15) is 13.2 Å². The smallest absolute Gasteiger partial charge is 0.248 e. The number of benzene rings is 1. The van der Waals surface area contributed by atoms with Gasteiger partial charge in [-0.05, 0) is 30.5 Å². The van der Waals surface area contributed by atoms with Crippen molar-refractivity contribution in [3.8, 4) is 0 Å². The summed E-state index contributed by atoms with van der Waals surface area (Å²) in [6, 6.07) is 3.75. The summed E-state index contributed by atoms with van der Waals surface area (Å²) in [6.45, 7) is 5.79. The maximum atomic E-state index is 12.3. The molecule has 1 aromatic carbocycles. The first-order valence-electron chi connectivity index (χ1n) is 6.40. The number of sulfonamides is 1. The minimum absolute atomic E-state index is 0.00686. The first-order chi connectivity index (χ1) is 9.19. The van der Waals surface area contributed by atoms with Crippen LogP contribution in [-0.4, -0.2) is 20.4 Å². The monoisotopic (exact) mass is 299 g/mol. The molecule has 0 spiro atoms. The standard InChI is InChI=1S/C13H21N3O3S/c1-4-11(8(2)3)16-20(18,19)12-6-5-9(13(15)17)7-10(12)14/h5-8,11,16H,4,14H2,1-3H3,(H2,15,17). The average molecular weight is 299 g/mol. The van der Waals surface area contributed by atoms with Gasteiger partial charge in [-0.2, -0.15) is 0 Å². The van der Waals surface area contributed by atoms with Crippen LogP contribution in [0.15, 0.2) is 23.1 Å². The zero-order chi connectivity index (χ0) is 15.5. The number of carbonyl (C=O) groups excluding carboxylic acids is 1. The number of hydrogen-bond acceptors (Lipinski definition) is 4. The van der Waals surface area contributed by atoms with Gasteiger partial charge in [0.15, 0.2) is 0 Å². The summed E-state index contributed by atoms with van der Waals surface area (Å²) >= 11 is 0. The molecule has 0 aromatic heterocycles. The number of nitrogens with one attached hydrogen (secondary N) is 1. The molecule has 0 aliphatic carbocycles. The van der Waals surface area contributed by atoms with Crippen LogP contribution in [0.1, 0.15) is 37.6 Å². The predicted octanol–water partition coefficient (Wildman–Crippen LogP) is 1.08. The Morgan fingerprint density at radius 2 is 1.95 bits per heavy atom. The molecule has 112 valence electrons. The number of nitrogens with two attached hydrogens (primary N) is 2. The number of carbonyl (C=O) groups is 1. The average Bonchev–Trinajstić information content (AvgIpc) is 2.35. The predicted molar refractivity (Wildman–Crippen MR) is 78.6 cm³/mol. The highest BCUT2D eigenvalue weighted by molar-refractivity contribution is 7.89. The molecular weight excluding hydrogens is 278 g/mol. The van der Waals surface area contributed by atoms with Gasteiger partial charge in [-0.3, -0.25) is 4.79 Å². The lowest BCUT2D eigenvalue weighted by Crippen LogP contribution is -2.38.